The number of piperazine rings is 1. The van der Waals surface area contributed by atoms with Gasteiger partial charge in [-0.2, -0.15) is 8.42 Å². The second-order valence-corrected chi connectivity index (χ2v) is 11.6. The maximum Gasteiger partial charge on any atom is 0.295 e. The number of likely N-dealkylation sites (N-methyl/N-ethyl adjacent to an activating group) is 1. The van der Waals surface area contributed by atoms with Gasteiger partial charge in [-0.3, -0.25) is 4.55 Å². The average molecular weight is 521 g/mol. The van der Waals surface area contributed by atoms with E-state index in [2.05, 4.69) is 59.4 Å². The molecule has 0 spiro atoms. The molecule has 3 heterocycles. The lowest BCUT2D eigenvalue weighted by Gasteiger charge is -2.34. The number of nitrogens with one attached hydrogen (secondary N) is 1. The van der Waals surface area contributed by atoms with E-state index in [1.165, 1.54) is 21.5 Å². The van der Waals surface area contributed by atoms with Gasteiger partial charge in [0.15, 0.2) is 0 Å². The molecular formula is C27H28N4O3S2. The van der Waals surface area contributed by atoms with Crippen molar-refractivity contribution in [2.75, 3.05) is 38.5 Å². The van der Waals surface area contributed by atoms with Crippen LogP contribution in [0.3, 0.4) is 0 Å². The van der Waals surface area contributed by atoms with Crippen LogP contribution in [0.5, 0.6) is 0 Å². The highest BCUT2D eigenvalue weighted by Crippen LogP contribution is 2.39. The first-order chi connectivity index (χ1) is 17.3. The highest BCUT2D eigenvalue weighted by atomic mass is 32.2. The second kappa shape index (κ2) is 10.0. The summed E-state index contributed by atoms with van der Waals surface area (Å²) in [7, 11) is -1.95. The lowest BCUT2D eigenvalue weighted by Crippen LogP contribution is -2.47. The van der Waals surface area contributed by atoms with E-state index in [0.717, 1.165) is 48.8 Å². The van der Waals surface area contributed by atoms with Gasteiger partial charge in [0.25, 0.3) is 10.1 Å². The van der Waals surface area contributed by atoms with E-state index in [4.69, 9.17) is 9.55 Å². The van der Waals surface area contributed by atoms with E-state index in [1.54, 1.807) is 41.7 Å². The van der Waals surface area contributed by atoms with Gasteiger partial charge in [0, 0.05) is 36.4 Å². The van der Waals surface area contributed by atoms with Crippen LogP contribution in [-0.2, 0) is 10.1 Å². The minimum Gasteiger partial charge on any atom is -0.353 e. The van der Waals surface area contributed by atoms with Crippen LogP contribution < -0.4 is 5.32 Å². The molecule has 0 atom stereocenters. The molecule has 3 aromatic carbocycles. The molecule has 0 aliphatic carbocycles. The van der Waals surface area contributed by atoms with Crippen LogP contribution in [0.15, 0.2) is 82.7 Å². The van der Waals surface area contributed by atoms with E-state index in [0.29, 0.717) is 5.39 Å². The third kappa shape index (κ3) is 5.15. The first-order valence-electron chi connectivity index (χ1n) is 11.7. The number of fused-ring (bicyclic) bond motifs is 3. The zero-order chi connectivity index (χ0) is 25.3. The number of benzene rings is 3. The molecule has 186 valence electrons. The van der Waals surface area contributed by atoms with Crippen molar-refractivity contribution in [3.8, 4) is 0 Å². The van der Waals surface area contributed by atoms with Gasteiger partial charge in [-0.15, -0.1) is 11.3 Å². The molecule has 2 aliphatic heterocycles. The lowest BCUT2D eigenvalue weighted by atomic mass is 10.1. The van der Waals surface area contributed by atoms with E-state index < -0.39 is 10.1 Å². The number of amidine groups is 1. The number of aryl methyl sites for hydroxylation is 1. The van der Waals surface area contributed by atoms with E-state index in [9.17, 15) is 8.42 Å². The number of hydrogen-bond donors (Lipinski definition) is 2. The summed E-state index contributed by atoms with van der Waals surface area (Å²) >= 11 is 1.81. The number of anilines is 2. The molecule has 9 heteroatoms. The monoisotopic (exact) mass is 520 g/mol. The predicted molar refractivity (Wildman–Crippen MR) is 148 cm³/mol. The molecule has 0 unspecified atom stereocenters. The smallest absolute Gasteiger partial charge is 0.295 e. The van der Waals surface area contributed by atoms with Gasteiger partial charge >= 0.3 is 0 Å². The molecule has 1 saturated heterocycles. The number of para-hydroxylation sites is 2. The normalized spacial score (nSPS) is 15.6. The largest absolute Gasteiger partial charge is 0.353 e. The molecular weight excluding hydrogens is 492 g/mol. The molecule has 2 aliphatic rings. The Morgan fingerprint density at radius 3 is 2.42 bits per heavy atom. The van der Waals surface area contributed by atoms with Crippen LogP contribution in [0.2, 0.25) is 0 Å². The zero-order valence-corrected chi connectivity index (χ0v) is 21.8. The topological polar surface area (TPSA) is 85.2 Å². The van der Waals surface area contributed by atoms with Gasteiger partial charge in [0.05, 0.1) is 16.9 Å². The molecule has 0 saturated carbocycles. The maximum atomic E-state index is 11.0. The minimum atomic E-state index is -4.13. The lowest BCUT2D eigenvalue weighted by molar-refractivity contribution is 0.216. The van der Waals surface area contributed by atoms with Gasteiger partial charge in [-0.25, -0.2) is 4.99 Å². The molecule has 2 N–H and O–H groups in total. The summed E-state index contributed by atoms with van der Waals surface area (Å²) in [5.74, 6) is 1.12. The van der Waals surface area contributed by atoms with Crippen LogP contribution in [0.1, 0.15) is 10.4 Å². The first kappa shape index (κ1) is 24.5. The molecule has 4 aromatic rings. The van der Waals surface area contributed by atoms with Crippen LogP contribution in [0.25, 0.3) is 10.8 Å². The summed E-state index contributed by atoms with van der Waals surface area (Å²) in [5, 5.41) is 6.11. The van der Waals surface area contributed by atoms with Crippen molar-refractivity contribution >= 4 is 54.4 Å². The highest BCUT2D eigenvalue weighted by molar-refractivity contribution is 7.86. The minimum absolute atomic E-state index is 0.0457. The van der Waals surface area contributed by atoms with Crippen LogP contribution in [0.4, 0.5) is 16.4 Å². The molecule has 6 rings (SSSR count). The van der Waals surface area contributed by atoms with Crippen molar-refractivity contribution in [3.63, 3.8) is 0 Å². The molecule has 0 radical (unpaired) electrons. The average Bonchev–Trinajstić information content (AvgIpc) is 3.15. The molecule has 0 bridgehead atoms. The molecule has 1 fully saturated rings. The Morgan fingerprint density at radius 2 is 1.64 bits per heavy atom. The molecule has 0 amide bonds. The Hall–Kier alpha value is -3.24. The van der Waals surface area contributed by atoms with Gasteiger partial charge in [-0.05, 0) is 43.6 Å². The maximum absolute atomic E-state index is 11.0. The number of thiophene rings is 1. The van der Waals surface area contributed by atoms with E-state index in [1.807, 2.05) is 6.07 Å². The molecule has 7 nitrogen and oxygen atoms in total. The van der Waals surface area contributed by atoms with Gasteiger partial charge < -0.3 is 15.1 Å². The fourth-order valence-corrected chi connectivity index (χ4v) is 6.06. The highest BCUT2D eigenvalue weighted by Gasteiger charge is 2.25. The summed E-state index contributed by atoms with van der Waals surface area (Å²) in [5.41, 5.74) is 3.36. The predicted octanol–water partition coefficient (Wildman–Crippen LogP) is 5.53. The zero-order valence-electron chi connectivity index (χ0n) is 20.2. The number of rotatable bonds is 1. The Labute approximate surface area is 215 Å². The Balaban J connectivity index is 0.000000165. The van der Waals surface area contributed by atoms with Gasteiger partial charge in [-0.1, -0.05) is 48.5 Å². The summed E-state index contributed by atoms with van der Waals surface area (Å²) in [6.07, 6.45) is 0. The Kier molecular flexibility index (Phi) is 6.81. The van der Waals surface area contributed by atoms with E-state index in [-0.39, 0.29) is 4.90 Å². The van der Waals surface area contributed by atoms with E-state index >= 15 is 0 Å². The van der Waals surface area contributed by atoms with Gasteiger partial charge in [0.1, 0.15) is 15.7 Å². The Bertz CT molecular complexity index is 1530. The fourth-order valence-electron chi connectivity index (χ4n) is 4.43. The summed E-state index contributed by atoms with van der Waals surface area (Å²) in [6.45, 7) is 6.41. The standard InChI is InChI=1S/C17H20N4S.C10H8O3S/c1-12-11-13-16(21-9-7-20(2)8-10-21)18-14-5-3-4-6-15(14)19-17(13)22-12;11-14(12,13)10-7-3-5-8-4-1-2-6-9(8)10/h3-6,11,19H,7-10H2,1-2H3;1-7H,(H,11,12,13). The third-order valence-electron chi connectivity index (χ3n) is 6.31. The third-order valence-corrected chi connectivity index (χ3v) is 8.18. The number of hydrogen-bond acceptors (Lipinski definition) is 7. The van der Waals surface area contributed by atoms with Crippen molar-refractivity contribution in [2.45, 2.75) is 11.8 Å². The summed E-state index contributed by atoms with van der Waals surface area (Å²) in [4.78, 5) is 11.1. The van der Waals surface area contributed by atoms with Crippen LogP contribution >= 0.6 is 11.3 Å². The van der Waals surface area contributed by atoms with Crippen LogP contribution in [0, 0.1) is 6.92 Å². The van der Waals surface area contributed by atoms with Crippen LogP contribution in [-0.4, -0.2) is 61.8 Å². The molecule has 36 heavy (non-hydrogen) atoms. The van der Waals surface area contributed by atoms with Crippen molar-refractivity contribution in [2.24, 2.45) is 4.99 Å². The van der Waals surface area contributed by atoms with Crippen molar-refractivity contribution < 1.29 is 13.0 Å². The summed E-state index contributed by atoms with van der Waals surface area (Å²) < 4.78 is 31.0. The number of nitrogens with zero attached hydrogens (tertiary/aromatic N) is 3. The number of aliphatic imine (C=N–C) groups is 1. The quantitative estimate of drug-likeness (QED) is 0.321. The van der Waals surface area contributed by atoms with Crippen molar-refractivity contribution in [3.05, 3.63) is 83.2 Å². The SMILES string of the molecule is Cc1cc2c(s1)Nc1ccccc1N=C2N1CCN(C)CC1.O=S(=O)(O)c1cccc2ccccc12. The van der Waals surface area contributed by atoms with Crippen molar-refractivity contribution in [1.29, 1.82) is 0 Å². The first-order valence-corrected chi connectivity index (χ1v) is 14.0. The van der Waals surface area contributed by atoms with Gasteiger partial charge in [0.2, 0.25) is 0 Å². The fraction of sp³-hybridized carbons (Fsp3) is 0.222. The second-order valence-electron chi connectivity index (χ2n) is 8.92. The summed E-state index contributed by atoms with van der Waals surface area (Å²) in [6, 6.07) is 22.4. The Morgan fingerprint density at radius 1 is 0.944 bits per heavy atom. The van der Waals surface area contributed by atoms with Crippen molar-refractivity contribution in [1.82, 2.24) is 9.80 Å². The molecule has 1 aromatic heterocycles.